The number of aliphatic carboxylic acids is 1. The molecular formula is C10H12N2O4S. The van der Waals surface area contributed by atoms with E-state index in [2.05, 4.69) is 10.6 Å². The Kier molecular flexibility index (Phi) is 5.15. The Labute approximate surface area is 102 Å². The van der Waals surface area contributed by atoms with Gasteiger partial charge >= 0.3 is 5.97 Å². The maximum Gasteiger partial charge on any atom is 0.322 e. The topological polar surface area (TPSA) is 95.5 Å². The lowest BCUT2D eigenvalue weighted by molar-refractivity contribution is -0.137. The monoisotopic (exact) mass is 256 g/mol. The second kappa shape index (κ2) is 6.64. The first-order valence-corrected chi connectivity index (χ1v) is 5.83. The molecule has 0 aliphatic heterocycles. The lowest BCUT2D eigenvalue weighted by Gasteiger charge is -2.04. The van der Waals surface area contributed by atoms with Gasteiger partial charge in [0.15, 0.2) is 0 Å². The number of rotatable bonds is 6. The van der Waals surface area contributed by atoms with Gasteiger partial charge in [0, 0.05) is 23.9 Å². The lowest BCUT2D eigenvalue weighted by atomic mass is 10.3. The number of carboxylic acids is 1. The van der Waals surface area contributed by atoms with Crippen LogP contribution in [-0.4, -0.2) is 36.0 Å². The number of carbonyl (C=O) groups excluding carboxylic acids is 2. The van der Waals surface area contributed by atoms with Gasteiger partial charge in [-0.1, -0.05) is 0 Å². The number of hydrogen-bond donors (Lipinski definition) is 3. The van der Waals surface area contributed by atoms with Gasteiger partial charge in [0.1, 0.15) is 6.54 Å². The third-order valence-electron chi connectivity index (χ3n) is 1.86. The number of carboxylic acid groups (broad SMARTS) is 1. The molecule has 1 aromatic heterocycles. The fourth-order valence-electron chi connectivity index (χ4n) is 1.05. The molecule has 0 aromatic carbocycles. The fourth-order valence-corrected chi connectivity index (χ4v) is 1.68. The van der Waals surface area contributed by atoms with Gasteiger partial charge in [-0.2, -0.15) is 11.3 Å². The van der Waals surface area contributed by atoms with Crippen molar-refractivity contribution in [1.82, 2.24) is 10.6 Å². The Morgan fingerprint density at radius 2 is 2.06 bits per heavy atom. The highest BCUT2D eigenvalue weighted by Gasteiger charge is 2.07. The van der Waals surface area contributed by atoms with E-state index in [4.69, 9.17) is 5.11 Å². The molecule has 0 radical (unpaired) electrons. The molecule has 3 N–H and O–H groups in total. The smallest absolute Gasteiger partial charge is 0.322 e. The largest absolute Gasteiger partial charge is 0.480 e. The molecule has 1 rings (SSSR count). The summed E-state index contributed by atoms with van der Waals surface area (Å²) in [6.07, 6.45) is 0.0587. The first kappa shape index (κ1) is 13.2. The third kappa shape index (κ3) is 5.12. The minimum atomic E-state index is -1.10. The number of carbonyl (C=O) groups is 3. The number of amides is 2. The van der Waals surface area contributed by atoms with Crippen molar-refractivity contribution in [1.29, 1.82) is 0 Å². The summed E-state index contributed by atoms with van der Waals surface area (Å²) in [5.41, 5.74) is 0.556. The van der Waals surface area contributed by atoms with Crippen molar-refractivity contribution in [2.75, 3.05) is 13.1 Å². The summed E-state index contributed by atoms with van der Waals surface area (Å²) >= 11 is 1.41. The molecule has 1 aromatic rings. The van der Waals surface area contributed by atoms with Gasteiger partial charge in [-0.25, -0.2) is 0 Å². The summed E-state index contributed by atoms with van der Waals surface area (Å²) in [6, 6.07) is 1.69. The van der Waals surface area contributed by atoms with Crippen LogP contribution in [0.2, 0.25) is 0 Å². The van der Waals surface area contributed by atoms with Crippen LogP contribution in [0.25, 0.3) is 0 Å². The second-order valence-electron chi connectivity index (χ2n) is 3.19. The van der Waals surface area contributed by atoms with E-state index in [9.17, 15) is 14.4 Å². The summed E-state index contributed by atoms with van der Waals surface area (Å²) < 4.78 is 0. The highest BCUT2D eigenvalue weighted by molar-refractivity contribution is 7.08. The van der Waals surface area contributed by atoms with Crippen molar-refractivity contribution in [3.8, 4) is 0 Å². The minimum absolute atomic E-state index is 0.0587. The van der Waals surface area contributed by atoms with Gasteiger partial charge in [0.25, 0.3) is 5.91 Å². The van der Waals surface area contributed by atoms with Crippen LogP contribution >= 0.6 is 11.3 Å². The zero-order valence-corrected chi connectivity index (χ0v) is 9.75. The standard InChI is InChI=1S/C10H12N2O4S/c13-8(12-5-9(14)15)1-3-11-10(16)7-2-4-17-6-7/h2,4,6H,1,3,5H2,(H,11,16)(H,12,13)(H,14,15). The zero-order valence-electron chi connectivity index (χ0n) is 8.93. The van der Waals surface area contributed by atoms with Crippen LogP contribution in [0.3, 0.4) is 0 Å². The van der Waals surface area contributed by atoms with Crippen molar-refractivity contribution >= 4 is 29.1 Å². The molecule has 0 saturated heterocycles. The van der Waals surface area contributed by atoms with Crippen LogP contribution in [0.5, 0.6) is 0 Å². The van der Waals surface area contributed by atoms with Crippen LogP contribution in [0.4, 0.5) is 0 Å². The minimum Gasteiger partial charge on any atom is -0.480 e. The first-order valence-electron chi connectivity index (χ1n) is 4.88. The van der Waals surface area contributed by atoms with Gasteiger partial charge in [0.2, 0.25) is 5.91 Å². The molecule has 0 saturated carbocycles. The Morgan fingerprint density at radius 1 is 1.29 bits per heavy atom. The Balaban J connectivity index is 2.17. The zero-order chi connectivity index (χ0) is 12.7. The lowest BCUT2D eigenvalue weighted by Crippen LogP contribution is -2.33. The molecule has 2 amide bonds. The van der Waals surface area contributed by atoms with Crippen molar-refractivity contribution in [3.05, 3.63) is 22.4 Å². The first-order chi connectivity index (χ1) is 8.09. The van der Waals surface area contributed by atoms with E-state index in [0.29, 0.717) is 5.56 Å². The summed E-state index contributed by atoms with van der Waals surface area (Å²) in [6.45, 7) is -0.225. The Hall–Kier alpha value is -1.89. The average Bonchev–Trinajstić information content (AvgIpc) is 2.79. The SMILES string of the molecule is O=C(O)CNC(=O)CCNC(=O)c1ccsc1. The molecule has 1 heterocycles. The average molecular weight is 256 g/mol. The number of hydrogen-bond acceptors (Lipinski definition) is 4. The predicted molar refractivity (Wildman–Crippen MR) is 61.9 cm³/mol. The molecule has 0 atom stereocenters. The van der Waals surface area contributed by atoms with Crippen molar-refractivity contribution < 1.29 is 19.5 Å². The second-order valence-corrected chi connectivity index (χ2v) is 3.97. The highest BCUT2D eigenvalue weighted by atomic mass is 32.1. The summed E-state index contributed by atoms with van der Waals surface area (Å²) in [5, 5.41) is 16.6. The highest BCUT2D eigenvalue weighted by Crippen LogP contribution is 2.04. The van der Waals surface area contributed by atoms with E-state index in [1.807, 2.05) is 0 Å². The number of thiophene rings is 1. The maximum absolute atomic E-state index is 11.4. The molecule has 0 bridgehead atoms. The molecule has 92 valence electrons. The van der Waals surface area contributed by atoms with E-state index < -0.39 is 18.4 Å². The van der Waals surface area contributed by atoms with Crippen LogP contribution in [0.15, 0.2) is 16.8 Å². The molecule has 0 fully saturated rings. The van der Waals surface area contributed by atoms with E-state index in [0.717, 1.165) is 0 Å². The molecule has 7 heteroatoms. The predicted octanol–water partition coefficient (Wildman–Crippen LogP) is 0.0688. The van der Waals surface area contributed by atoms with Crippen LogP contribution in [-0.2, 0) is 9.59 Å². The van der Waals surface area contributed by atoms with E-state index in [1.54, 1.807) is 16.8 Å². The molecular weight excluding hydrogens is 244 g/mol. The fraction of sp³-hybridized carbons (Fsp3) is 0.300. The van der Waals surface area contributed by atoms with E-state index in [-0.39, 0.29) is 18.9 Å². The molecule has 6 nitrogen and oxygen atoms in total. The quantitative estimate of drug-likeness (QED) is 0.671. The van der Waals surface area contributed by atoms with E-state index in [1.165, 1.54) is 11.3 Å². The van der Waals surface area contributed by atoms with Crippen LogP contribution in [0.1, 0.15) is 16.8 Å². The van der Waals surface area contributed by atoms with Crippen molar-refractivity contribution in [2.24, 2.45) is 0 Å². The van der Waals surface area contributed by atoms with Crippen LogP contribution in [0, 0.1) is 0 Å². The summed E-state index contributed by atoms with van der Waals surface area (Å²) in [7, 11) is 0. The van der Waals surface area contributed by atoms with Crippen molar-refractivity contribution in [2.45, 2.75) is 6.42 Å². The molecule has 0 aliphatic rings. The number of nitrogens with one attached hydrogen (secondary N) is 2. The van der Waals surface area contributed by atoms with Crippen LogP contribution < -0.4 is 10.6 Å². The maximum atomic E-state index is 11.4. The Bertz CT molecular complexity index is 402. The van der Waals surface area contributed by atoms with Gasteiger partial charge in [-0.15, -0.1) is 0 Å². The molecule has 0 aliphatic carbocycles. The normalized spacial score (nSPS) is 9.65. The Morgan fingerprint density at radius 3 is 2.65 bits per heavy atom. The molecule has 0 unspecified atom stereocenters. The van der Waals surface area contributed by atoms with Gasteiger partial charge in [0.05, 0.1) is 0 Å². The van der Waals surface area contributed by atoms with Gasteiger partial charge in [-0.05, 0) is 11.4 Å². The van der Waals surface area contributed by atoms with Crippen molar-refractivity contribution in [3.63, 3.8) is 0 Å². The molecule has 0 spiro atoms. The third-order valence-corrected chi connectivity index (χ3v) is 2.54. The van der Waals surface area contributed by atoms with Gasteiger partial charge in [-0.3, -0.25) is 14.4 Å². The molecule has 17 heavy (non-hydrogen) atoms. The summed E-state index contributed by atoms with van der Waals surface area (Å²) in [4.78, 5) is 32.7. The van der Waals surface area contributed by atoms with E-state index >= 15 is 0 Å². The van der Waals surface area contributed by atoms with Gasteiger partial charge < -0.3 is 15.7 Å². The summed E-state index contributed by atoms with van der Waals surface area (Å²) in [5.74, 6) is -1.74.